The van der Waals surface area contributed by atoms with E-state index >= 15 is 0 Å². The number of hydrogen-bond acceptors (Lipinski definition) is 5. The van der Waals surface area contributed by atoms with Gasteiger partial charge in [-0.2, -0.15) is 0 Å². The Balaban J connectivity index is 1.55. The summed E-state index contributed by atoms with van der Waals surface area (Å²) in [7, 11) is 4.21. The van der Waals surface area contributed by atoms with Crippen LogP contribution in [0.2, 0.25) is 0 Å². The van der Waals surface area contributed by atoms with Crippen LogP contribution in [0.1, 0.15) is 50.6 Å². The lowest BCUT2D eigenvalue weighted by atomic mass is 10.1. The van der Waals surface area contributed by atoms with E-state index in [1.165, 1.54) is 33.8 Å². The summed E-state index contributed by atoms with van der Waals surface area (Å²) in [5.41, 5.74) is 7.98. The highest BCUT2D eigenvalue weighted by atomic mass is 15.4. The normalized spacial score (nSPS) is 14.7. The minimum atomic E-state index is 0.260. The minimum Gasteiger partial charge on any atom is -0.378 e. The maximum absolute atomic E-state index is 2.64. The van der Waals surface area contributed by atoms with Crippen LogP contribution in [0.15, 0.2) is 72.8 Å². The van der Waals surface area contributed by atoms with Gasteiger partial charge in [-0.25, -0.2) is 0 Å². The molecular formula is C33H47N5. The van der Waals surface area contributed by atoms with E-state index in [1.54, 1.807) is 0 Å². The van der Waals surface area contributed by atoms with Crippen molar-refractivity contribution in [3.05, 3.63) is 89.5 Å². The molecule has 5 heteroatoms. The molecule has 1 saturated heterocycles. The van der Waals surface area contributed by atoms with E-state index in [2.05, 4.69) is 139 Å². The molecular weight excluding hydrogens is 466 g/mol. The summed E-state index contributed by atoms with van der Waals surface area (Å²) in [4.78, 5) is 12.3. The molecule has 0 bridgehead atoms. The van der Waals surface area contributed by atoms with Crippen molar-refractivity contribution in [2.45, 2.75) is 47.0 Å². The second-order valence-electron chi connectivity index (χ2n) is 10.5. The van der Waals surface area contributed by atoms with Gasteiger partial charge in [0.25, 0.3) is 0 Å². The Bertz CT molecular complexity index is 1030. The minimum absolute atomic E-state index is 0.260. The molecule has 0 unspecified atom stereocenters. The SMILES string of the molecule is CCN(CC)c1ccc(CN2CCN(Cc3ccc(N(CC)CC)cc3)C2c2ccc(N(C)C)cc2)cc1. The van der Waals surface area contributed by atoms with Crippen molar-refractivity contribution in [2.75, 3.05) is 68.1 Å². The van der Waals surface area contributed by atoms with Gasteiger partial charge in [-0.15, -0.1) is 0 Å². The molecule has 204 valence electrons. The zero-order chi connectivity index (χ0) is 27.1. The van der Waals surface area contributed by atoms with Crippen LogP contribution < -0.4 is 14.7 Å². The fourth-order valence-corrected chi connectivity index (χ4v) is 5.70. The van der Waals surface area contributed by atoms with E-state index < -0.39 is 0 Å². The van der Waals surface area contributed by atoms with Gasteiger partial charge in [0.05, 0.1) is 6.17 Å². The summed E-state index contributed by atoms with van der Waals surface area (Å²) in [6.07, 6.45) is 0.260. The molecule has 1 heterocycles. The van der Waals surface area contributed by atoms with Crippen molar-refractivity contribution in [3.63, 3.8) is 0 Å². The lowest BCUT2D eigenvalue weighted by Crippen LogP contribution is -2.30. The molecule has 0 radical (unpaired) electrons. The molecule has 0 aromatic heterocycles. The molecule has 0 aliphatic carbocycles. The average Bonchev–Trinajstić information content (AvgIpc) is 3.33. The Kier molecular flexibility index (Phi) is 9.70. The third-order valence-corrected chi connectivity index (χ3v) is 7.97. The first-order chi connectivity index (χ1) is 18.5. The monoisotopic (exact) mass is 513 g/mol. The number of benzene rings is 3. The zero-order valence-corrected chi connectivity index (χ0v) is 24.4. The molecule has 3 aromatic rings. The lowest BCUT2D eigenvalue weighted by molar-refractivity contribution is 0.126. The van der Waals surface area contributed by atoms with Gasteiger partial charge < -0.3 is 14.7 Å². The third kappa shape index (κ3) is 6.51. The van der Waals surface area contributed by atoms with Gasteiger partial charge >= 0.3 is 0 Å². The smallest absolute Gasteiger partial charge is 0.0892 e. The highest BCUT2D eigenvalue weighted by Gasteiger charge is 2.33. The van der Waals surface area contributed by atoms with E-state index in [-0.39, 0.29) is 6.17 Å². The first-order valence-electron chi connectivity index (χ1n) is 14.4. The van der Waals surface area contributed by atoms with Gasteiger partial charge in [0.1, 0.15) is 0 Å². The average molecular weight is 514 g/mol. The van der Waals surface area contributed by atoms with Crippen LogP contribution in [0.25, 0.3) is 0 Å². The van der Waals surface area contributed by atoms with Gasteiger partial charge in [-0.1, -0.05) is 36.4 Å². The van der Waals surface area contributed by atoms with Crippen LogP contribution in [0.4, 0.5) is 17.1 Å². The van der Waals surface area contributed by atoms with Crippen molar-refractivity contribution in [3.8, 4) is 0 Å². The molecule has 1 aliphatic rings. The summed E-state index contributed by atoms with van der Waals surface area (Å²) < 4.78 is 0. The Morgan fingerprint density at radius 2 is 0.921 bits per heavy atom. The summed E-state index contributed by atoms with van der Waals surface area (Å²) in [6, 6.07) is 27.5. The maximum Gasteiger partial charge on any atom is 0.0892 e. The fourth-order valence-electron chi connectivity index (χ4n) is 5.70. The second-order valence-corrected chi connectivity index (χ2v) is 10.5. The van der Waals surface area contributed by atoms with Crippen molar-refractivity contribution in [1.29, 1.82) is 0 Å². The van der Waals surface area contributed by atoms with Gasteiger partial charge in [-0.05, 0) is 80.8 Å². The largest absolute Gasteiger partial charge is 0.378 e. The van der Waals surface area contributed by atoms with Crippen LogP contribution in [0.5, 0.6) is 0 Å². The molecule has 0 amide bonds. The molecule has 5 nitrogen and oxygen atoms in total. The Labute approximate surface area is 231 Å². The second kappa shape index (κ2) is 13.2. The summed E-state index contributed by atoms with van der Waals surface area (Å²) in [5.74, 6) is 0. The van der Waals surface area contributed by atoms with Gasteiger partial charge in [0.2, 0.25) is 0 Å². The molecule has 0 spiro atoms. The fraction of sp³-hybridized carbons (Fsp3) is 0.455. The number of hydrogen-bond donors (Lipinski definition) is 0. The van der Waals surface area contributed by atoms with E-state index in [9.17, 15) is 0 Å². The molecule has 38 heavy (non-hydrogen) atoms. The van der Waals surface area contributed by atoms with Crippen LogP contribution in [0, 0.1) is 0 Å². The molecule has 0 N–H and O–H groups in total. The third-order valence-electron chi connectivity index (χ3n) is 7.97. The topological polar surface area (TPSA) is 16.2 Å². The quantitative estimate of drug-likeness (QED) is 0.275. The highest BCUT2D eigenvalue weighted by molar-refractivity contribution is 5.49. The number of nitrogens with zero attached hydrogens (tertiary/aromatic N) is 5. The predicted molar refractivity (Wildman–Crippen MR) is 164 cm³/mol. The highest BCUT2D eigenvalue weighted by Crippen LogP contribution is 2.34. The molecule has 0 saturated carbocycles. The van der Waals surface area contributed by atoms with Gasteiger partial charge in [-0.3, -0.25) is 9.80 Å². The Morgan fingerprint density at radius 1 is 0.553 bits per heavy atom. The van der Waals surface area contributed by atoms with Crippen LogP contribution in [-0.4, -0.2) is 63.2 Å². The van der Waals surface area contributed by atoms with E-state index in [0.717, 1.165) is 52.4 Å². The zero-order valence-electron chi connectivity index (χ0n) is 24.4. The standard InChI is InChI=1S/C33H47N5/c1-7-35(8-2)31-17-11-27(12-18-31)25-37-23-24-38(33(37)29-15-21-30(22-16-29)34(5)6)26-28-13-19-32(20-14-28)36(9-3)10-4/h11-22,33H,7-10,23-26H2,1-6H3. The predicted octanol–water partition coefficient (Wildman–Crippen LogP) is 6.46. The Hall–Kier alpha value is -3.02. The summed E-state index contributed by atoms with van der Waals surface area (Å²) in [5, 5.41) is 0. The van der Waals surface area contributed by atoms with E-state index in [0.29, 0.717) is 0 Å². The van der Waals surface area contributed by atoms with Crippen molar-refractivity contribution < 1.29 is 0 Å². The van der Waals surface area contributed by atoms with Crippen molar-refractivity contribution in [1.82, 2.24) is 9.80 Å². The van der Waals surface area contributed by atoms with Gasteiger partial charge in [0, 0.05) is 83.5 Å². The van der Waals surface area contributed by atoms with Crippen molar-refractivity contribution in [2.24, 2.45) is 0 Å². The summed E-state index contributed by atoms with van der Waals surface area (Å²) in [6.45, 7) is 17.1. The molecule has 0 atom stereocenters. The lowest BCUT2D eigenvalue weighted by Gasteiger charge is -2.31. The van der Waals surface area contributed by atoms with Crippen LogP contribution in [0.3, 0.4) is 0 Å². The Morgan fingerprint density at radius 3 is 1.26 bits per heavy atom. The molecule has 4 rings (SSSR count). The first kappa shape index (κ1) is 28.0. The van der Waals surface area contributed by atoms with Crippen LogP contribution in [-0.2, 0) is 13.1 Å². The van der Waals surface area contributed by atoms with E-state index in [1.807, 2.05) is 0 Å². The number of anilines is 3. The van der Waals surface area contributed by atoms with Crippen LogP contribution >= 0.6 is 0 Å². The first-order valence-corrected chi connectivity index (χ1v) is 14.4. The molecule has 1 fully saturated rings. The summed E-state index contributed by atoms with van der Waals surface area (Å²) >= 11 is 0. The molecule has 1 aliphatic heterocycles. The molecule has 3 aromatic carbocycles. The van der Waals surface area contributed by atoms with Crippen molar-refractivity contribution >= 4 is 17.1 Å². The maximum atomic E-state index is 2.64. The van der Waals surface area contributed by atoms with Gasteiger partial charge in [0.15, 0.2) is 0 Å². The van der Waals surface area contributed by atoms with E-state index in [4.69, 9.17) is 0 Å². The number of rotatable bonds is 12.